The first-order valence-corrected chi connectivity index (χ1v) is 7.77. The zero-order valence-corrected chi connectivity index (χ0v) is 12.3. The van der Waals surface area contributed by atoms with Crippen LogP contribution < -0.4 is 9.88 Å². The molecular formula is C14H12F3NO4S. The number of nitrogens with two attached hydrogens (primary N) is 1. The molecule has 5 nitrogen and oxygen atoms in total. The summed E-state index contributed by atoms with van der Waals surface area (Å²) in [5, 5.41) is 15.1. The van der Waals surface area contributed by atoms with Gasteiger partial charge in [0.2, 0.25) is 10.0 Å². The molecule has 124 valence electrons. The van der Waals surface area contributed by atoms with Crippen molar-refractivity contribution in [3.63, 3.8) is 0 Å². The molecule has 2 aromatic carbocycles. The minimum Gasteiger partial charge on any atom is -0.406 e. The highest BCUT2D eigenvalue weighted by molar-refractivity contribution is 7.89. The first-order valence-electron chi connectivity index (χ1n) is 6.23. The lowest BCUT2D eigenvalue weighted by Crippen LogP contribution is -2.17. The number of alkyl halides is 3. The van der Waals surface area contributed by atoms with Gasteiger partial charge in [0.1, 0.15) is 11.9 Å². The standard InChI is InChI=1S/C14H12F3NO4S/c15-14(16,17)22-11-5-1-9(2-6-11)13(19)10-3-7-12(8-4-10)23(18,20)21/h1-8,13,19H,(H2,18,20,21). The van der Waals surface area contributed by atoms with Crippen molar-refractivity contribution in [3.8, 4) is 5.75 Å². The largest absolute Gasteiger partial charge is 0.573 e. The van der Waals surface area contributed by atoms with Crippen LogP contribution in [0.25, 0.3) is 0 Å². The molecule has 0 saturated heterocycles. The number of primary sulfonamides is 1. The Morgan fingerprint density at radius 2 is 1.39 bits per heavy atom. The Labute approximate surface area is 130 Å². The van der Waals surface area contributed by atoms with Gasteiger partial charge in [0.15, 0.2) is 0 Å². The van der Waals surface area contributed by atoms with Crippen LogP contribution >= 0.6 is 0 Å². The second-order valence-electron chi connectivity index (χ2n) is 4.63. The van der Waals surface area contributed by atoms with Crippen LogP contribution in [0.1, 0.15) is 17.2 Å². The Morgan fingerprint density at radius 3 is 1.78 bits per heavy atom. The van der Waals surface area contributed by atoms with Crippen LogP contribution in [0.4, 0.5) is 13.2 Å². The van der Waals surface area contributed by atoms with Crippen molar-refractivity contribution in [1.82, 2.24) is 0 Å². The molecule has 1 atom stereocenters. The van der Waals surface area contributed by atoms with Crippen molar-refractivity contribution >= 4 is 10.0 Å². The summed E-state index contributed by atoms with van der Waals surface area (Å²) in [6, 6.07) is 9.90. The first kappa shape index (κ1) is 17.3. The highest BCUT2D eigenvalue weighted by atomic mass is 32.2. The zero-order valence-electron chi connectivity index (χ0n) is 11.5. The van der Waals surface area contributed by atoms with E-state index in [4.69, 9.17) is 5.14 Å². The number of benzene rings is 2. The molecule has 0 spiro atoms. The molecular weight excluding hydrogens is 335 g/mol. The molecule has 0 saturated carbocycles. The summed E-state index contributed by atoms with van der Waals surface area (Å²) >= 11 is 0. The minimum atomic E-state index is -4.79. The number of halogens is 3. The Bertz CT molecular complexity index is 771. The lowest BCUT2D eigenvalue weighted by molar-refractivity contribution is -0.274. The number of ether oxygens (including phenoxy) is 1. The van der Waals surface area contributed by atoms with E-state index in [0.717, 1.165) is 12.1 Å². The van der Waals surface area contributed by atoms with Crippen LogP contribution in [0, 0.1) is 0 Å². The number of rotatable bonds is 4. The summed E-state index contributed by atoms with van der Waals surface area (Å²) in [7, 11) is -3.84. The smallest absolute Gasteiger partial charge is 0.406 e. The quantitative estimate of drug-likeness (QED) is 0.888. The molecule has 0 fully saturated rings. The Morgan fingerprint density at radius 1 is 0.957 bits per heavy atom. The van der Waals surface area contributed by atoms with E-state index < -0.39 is 28.2 Å². The van der Waals surface area contributed by atoms with Gasteiger partial charge in [-0.3, -0.25) is 0 Å². The molecule has 0 heterocycles. The Kier molecular flexibility index (Phi) is 4.64. The topological polar surface area (TPSA) is 89.6 Å². The number of aliphatic hydroxyl groups excluding tert-OH is 1. The minimum absolute atomic E-state index is 0.109. The molecule has 0 bridgehead atoms. The van der Waals surface area contributed by atoms with Gasteiger partial charge in [-0.15, -0.1) is 13.2 Å². The van der Waals surface area contributed by atoms with Crippen LogP contribution in [-0.2, 0) is 10.0 Å². The third-order valence-electron chi connectivity index (χ3n) is 2.95. The van der Waals surface area contributed by atoms with Gasteiger partial charge >= 0.3 is 6.36 Å². The molecule has 2 aromatic rings. The highest BCUT2D eigenvalue weighted by Gasteiger charge is 2.31. The summed E-state index contributed by atoms with van der Waals surface area (Å²) < 4.78 is 62.2. The molecule has 1 unspecified atom stereocenters. The molecule has 9 heteroatoms. The van der Waals surface area contributed by atoms with Crippen molar-refractivity contribution in [2.24, 2.45) is 5.14 Å². The van der Waals surface area contributed by atoms with Gasteiger partial charge in [-0.25, -0.2) is 13.6 Å². The number of aliphatic hydroxyl groups is 1. The summed E-state index contributed by atoms with van der Waals surface area (Å²) in [5.74, 6) is -0.405. The van der Waals surface area contributed by atoms with Crippen LogP contribution in [0.5, 0.6) is 5.75 Å². The fraction of sp³-hybridized carbons (Fsp3) is 0.143. The van der Waals surface area contributed by atoms with Gasteiger partial charge in [0.05, 0.1) is 4.90 Å². The van der Waals surface area contributed by atoms with Crippen molar-refractivity contribution in [3.05, 3.63) is 59.7 Å². The van der Waals surface area contributed by atoms with Crippen molar-refractivity contribution in [2.75, 3.05) is 0 Å². The van der Waals surface area contributed by atoms with Crippen LogP contribution in [-0.4, -0.2) is 19.9 Å². The average Bonchev–Trinajstić information content (AvgIpc) is 2.45. The molecule has 0 aliphatic heterocycles. The normalized spacial score (nSPS) is 13.6. The number of hydrogen-bond acceptors (Lipinski definition) is 4. The molecule has 0 amide bonds. The van der Waals surface area contributed by atoms with E-state index in [0.29, 0.717) is 11.1 Å². The average molecular weight is 347 g/mol. The molecule has 2 rings (SSSR count). The van der Waals surface area contributed by atoms with Gasteiger partial charge in [-0.2, -0.15) is 0 Å². The van der Waals surface area contributed by atoms with E-state index in [1.807, 2.05) is 0 Å². The number of sulfonamides is 1. The second kappa shape index (κ2) is 6.19. The lowest BCUT2D eigenvalue weighted by Gasteiger charge is -2.13. The third kappa shape index (κ3) is 4.68. The molecule has 3 N–H and O–H groups in total. The van der Waals surface area contributed by atoms with Gasteiger partial charge < -0.3 is 9.84 Å². The Hall–Kier alpha value is -2.10. The summed E-state index contributed by atoms with van der Waals surface area (Å²) in [6.07, 6.45) is -5.92. The highest BCUT2D eigenvalue weighted by Crippen LogP contribution is 2.27. The maximum absolute atomic E-state index is 12.1. The number of hydrogen-bond donors (Lipinski definition) is 2. The van der Waals surface area contributed by atoms with Gasteiger partial charge in [-0.05, 0) is 35.4 Å². The van der Waals surface area contributed by atoms with E-state index in [1.54, 1.807) is 0 Å². The molecule has 0 aliphatic rings. The predicted octanol–water partition coefficient (Wildman–Crippen LogP) is 2.31. The van der Waals surface area contributed by atoms with Crippen molar-refractivity contribution in [2.45, 2.75) is 17.4 Å². The van der Waals surface area contributed by atoms with E-state index in [2.05, 4.69) is 4.74 Å². The maximum atomic E-state index is 12.1. The van der Waals surface area contributed by atoms with Gasteiger partial charge in [0, 0.05) is 0 Å². The zero-order chi connectivity index (χ0) is 17.3. The van der Waals surface area contributed by atoms with E-state index in [9.17, 15) is 26.7 Å². The third-order valence-corrected chi connectivity index (χ3v) is 3.88. The SMILES string of the molecule is NS(=O)(=O)c1ccc(C(O)c2ccc(OC(F)(F)F)cc2)cc1. The van der Waals surface area contributed by atoms with E-state index in [-0.39, 0.29) is 4.90 Å². The van der Waals surface area contributed by atoms with Crippen LogP contribution in [0.3, 0.4) is 0 Å². The molecule has 23 heavy (non-hydrogen) atoms. The summed E-state index contributed by atoms with van der Waals surface area (Å²) in [4.78, 5) is -0.109. The predicted molar refractivity (Wildman–Crippen MR) is 75.0 cm³/mol. The fourth-order valence-corrected chi connectivity index (χ4v) is 2.40. The maximum Gasteiger partial charge on any atom is 0.573 e. The van der Waals surface area contributed by atoms with E-state index >= 15 is 0 Å². The molecule has 0 aliphatic carbocycles. The van der Waals surface area contributed by atoms with Crippen molar-refractivity contribution in [1.29, 1.82) is 0 Å². The van der Waals surface area contributed by atoms with Crippen LogP contribution in [0.2, 0.25) is 0 Å². The van der Waals surface area contributed by atoms with Crippen molar-refractivity contribution < 1.29 is 31.4 Å². The van der Waals surface area contributed by atoms with Gasteiger partial charge in [-0.1, -0.05) is 24.3 Å². The first-order chi connectivity index (χ1) is 10.6. The van der Waals surface area contributed by atoms with E-state index in [1.165, 1.54) is 36.4 Å². The molecule has 0 radical (unpaired) electrons. The molecule has 0 aromatic heterocycles. The second-order valence-corrected chi connectivity index (χ2v) is 6.19. The summed E-state index contributed by atoms with van der Waals surface area (Å²) in [5.41, 5.74) is 0.685. The van der Waals surface area contributed by atoms with Gasteiger partial charge in [0.25, 0.3) is 0 Å². The lowest BCUT2D eigenvalue weighted by atomic mass is 10.0. The Balaban J connectivity index is 2.18. The monoisotopic (exact) mass is 347 g/mol. The van der Waals surface area contributed by atoms with Crippen LogP contribution in [0.15, 0.2) is 53.4 Å². The summed E-state index contributed by atoms with van der Waals surface area (Å²) in [6.45, 7) is 0. The fourth-order valence-electron chi connectivity index (χ4n) is 1.88.